The van der Waals surface area contributed by atoms with Crippen molar-refractivity contribution in [3.63, 3.8) is 0 Å². The molecule has 1 heterocycles. The van der Waals surface area contributed by atoms with Crippen LogP contribution in [0.25, 0.3) is 0 Å². The van der Waals surface area contributed by atoms with Gasteiger partial charge in [0.05, 0.1) is 0 Å². The summed E-state index contributed by atoms with van der Waals surface area (Å²) in [6.07, 6.45) is 2.11. The van der Waals surface area contributed by atoms with E-state index >= 15 is 0 Å². The first-order chi connectivity index (χ1) is 5.63. The zero-order chi connectivity index (χ0) is 9.14. The molecular weight excluding hydrogens is 176 g/mol. The molecule has 1 aliphatic rings. The predicted molar refractivity (Wildman–Crippen MR) is 47.1 cm³/mol. The van der Waals surface area contributed by atoms with Crippen LogP contribution in [0, 0.1) is 0 Å². The third-order valence-corrected chi connectivity index (χ3v) is 2.90. The van der Waals surface area contributed by atoms with Crippen molar-refractivity contribution in [3.8, 4) is 0 Å². The fourth-order valence-corrected chi connectivity index (χ4v) is 1.47. The number of thioether (sulfide) groups is 1. The molecule has 1 saturated heterocycles. The van der Waals surface area contributed by atoms with Crippen LogP contribution in [0.15, 0.2) is 0 Å². The number of carbonyl (C=O) groups excluding carboxylic acids is 2. The number of carbonyl (C=O) groups is 2. The molecule has 0 amide bonds. The molecule has 3 nitrogen and oxygen atoms in total. The lowest BCUT2D eigenvalue weighted by Crippen LogP contribution is -2.19. The van der Waals surface area contributed by atoms with Gasteiger partial charge in [-0.2, -0.15) is 11.8 Å². The fourth-order valence-electron chi connectivity index (χ4n) is 1.10. The Labute approximate surface area is 75.8 Å². The first-order valence-electron chi connectivity index (χ1n) is 3.88. The molecule has 1 fully saturated rings. The summed E-state index contributed by atoms with van der Waals surface area (Å²) in [7, 11) is 0. The molecule has 1 aliphatic heterocycles. The normalized spacial score (nSPS) is 25.7. The number of Topliss-reactive ketones (excluding diaryl/α,β-unsaturated/α-hetero) is 1. The Morgan fingerprint density at radius 3 is 2.75 bits per heavy atom. The summed E-state index contributed by atoms with van der Waals surface area (Å²) in [5.41, 5.74) is 0. The Balaban J connectivity index is 2.43. The van der Waals surface area contributed by atoms with Crippen LogP contribution in [-0.2, 0) is 14.3 Å². The van der Waals surface area contributed by atoms with Crippen molar-refractivity contribution < 1.29 is 14.3 Å². The number of ketones is 1. The van der Waals surface area contributed by atoms with Gasteiger partial charge in [-0.25, -0.2) is 0 Å². The van der Waals surface area contributed by atoms with Crippen LogP contribution >= 0.6 is 11.8 Å². The molecule has 0 N–H and O–H groups in total. The van der Waals surface area contributed by atoms with Crippen LogP contribution in [0.5, 0.6) is 0 Å². The highest BCUT2D eigenvalue weighted by Crippen LogP contribution is 2.20. The molecule has 2 atom stereocenters. The van der Waals surface area contributed by atoms with Crippen LogP contribution < -0.4 is 0 Å². The Hall–Kier alpha value is -0.510. The standard InChI is InChI=1S/C8H12O3S/c1-5(12-2)3-7-6(9)4-8(10)11-7/h5,7H,3-4H2,1-2H3. The Bertz CT molecular complexity index is 202. The minimum Gasteiger partial charge on any atom is -0.454 e. The molecule has 1 rings (SSSR count). The average Bonchev–Trinajstić information content (AvgIpc) is 2.30. The van der Waals surface area contributed by atoms with E-state index in [0.29, 0.717) is 11.7 Å². The lowest BCUT2D eigenvalue weighted by atomic mass is 10.1. The molecule has 12 heavy (non-hydrogen) atoms. The van der Waals surface area contributed by atoms with Gasteiger partial charge in [0.2, 0.25) is 0 Å². The predicted octanol–water partition coefficient (Wildman–Crippen LogP) is 1.01. The summed E-state index contributed by atoms with van der Waals surface area (Å²) < 4.78 is 4.84. The van der Waals surface area contributed by atoms with Crippen molar-refractivity contribution >= 4 is 23.5 Å². The Morgan fingerprint density at radius 1 is 1.67 bits per heavy atom. The fraction of sp³-hybridized carbons (Fsp3) is 0.750. The highest BCUT2D eigenvalue weighted by molar-refractivity contribution is 7.99. The van der Waals surface area contributed by atoms with Crippen LogP contribution in [0.4, 0.5) is 0 Å². The topological polar surface area (TPSA) is 43.4 Å². The van der Waals surface area contributed by atoms with Gasteiger partial charge in [-0.3, -0.25) is 9.59 Å². The van der Waals surface area contributed by atoms with Crippen molar-refractivity contribution in [1.29, 1.82) is 0 Å². The number of hydrogen-bond acceptors (Lipinski definition) is 4. The highest BCUT2D eigenvalue weighted by Gasteiger charge is 2.33. The van der Waals surface area contributed by atoms with Gasteiger partial charge in [-0.15, -0.1) is 0 Å². The van der Waals surface area contributed by atoms with Gasteiger partial charge < -0.3 is 4.74 Å². The van der Waals surface area contributed by atoms with Gasteiger partial charge in [0.25, 0.3) is 0 Å². The van der Waals surface area contributed by atoms with Gasteiger partial charge in [0, 0.05) is 11.7 Å². The highest BCUT2D eigenvalue weighted by atomic mass is 32.2. The molecule has 0 aromatic heterocycles. The molecular formula is C8H12O3S. The maximum atomic E-state index is 11.1. The second kappa shape index (κ2) is 3.94. The van der Waals surface area contributed by atoms with Gasteiger partial charge >= 0.3 is 5.97 Å². The average molecular weight is 188 g/mol. The summed E-state index contributed by atoms with van der Waals surface area (Å²) in [6.45, 7) is 2.02. The van der Waals surface area contributed by atoms with Gasteiger partial charge in [-0.05, 0) is 6.26 Å². The molecule has 0 bridgehead atoms. The van der Waals surface area contributed by atoms with Crippen LogP contribution in [-0.4, -0.2) is 29.4 Å². The van der Waals surface area contributed by atoms with E-state index in [2.05, 4.69) is 0 Å². The number of esters is 1. The molecule has 0 spiro atoms. The van der Waals surface area contributed by atoms with Crippen molar-refractivity contribution in [2.75, 3.05) is 6.26 Å². The van der Waals surface area contributed by atoms with E-state index in [-0.39, 0.29) is 18.2 Å². The first-order valence-corrected chi connectivity index (χ1v) is 5.17. The van der Waals surface area contributed by atoms with Crippen LogP contribution in [0.1, 0.15) is 19.8 Å². The zero-order valence-corrected chi connectivity index (χ0v) is 8.02. The van der Waals surface area contributed by atoms with Crippen LogP contribution in [0.3, 0.4) is 0 Å². The van der Waals surface area contributed by atoms with E-state index in [1.54, 1.807) is 11.8 Å². The maximum absolute atomic E-state index is 11.1. The van der Waals surface area contributed by atoms with Crippen LogP contribution in [0.2, 0.25) is 0 Å². The summed E-state index contributed by atoms with van der Waals surface area (Å²) in [5, 5.41) is 0.366. The molecule has 0 aromatic carbocycles. The van der Waals surface area contributed by atoms with Gasteiger partial charge in [-0.1, -0.05) is 6.92 Å². The van der Waals surface area contributed by atoms with E-state index in [9.17, 15) is 9.59 Å². The second-order valence-corrected chi connectivity index (χ2v) is 4.18. The van der Waals surface area contributed by atoms with Gasteiger partial charge in [0.1, 0.15) is 6.42 Å². The van der Waals surface area contributed by atoms with Crippen molar-refractivity contribution in [1.82, 2.24) is 0 Å². The minimum atomic E-state index is -0.472. The van der Waals surface area contributed by atoms with Crippen molar-refractivity contribution in [2.45, 2.75) is 31.1 Å². The number of cyclic esters (lactones) is 1. The molecule has 0 aromatic rings. The van der Waals surface area contributed by atoms with Crippen molar-refractivity contribution in [3.05, 3.63) is 0 Å². The molecule has 2 unspecified atom stereocenters. The lowest BCUT2D eigenvalue weighted by Gasteiger charge is -2.11. The summed E-state index contributed by atoms with van der Waals surface area (Å²) in [5.74, 6) is -0.445. The maximum Gasteiger partial charge on any atom is 0.314 e. The van der Waals surface area contributed by atoms with E-state index in [4.69, 9.17) is 4.74 Å². The van der Waals surface area contributed by atoms with E-state index in [0.717, 1.165) is 0 Å². The first kappa shape index (κ1) is 9.58. The SMILES string of the molecule is CSC(C)CC1OC(=O)CC1=O. The van der Waals surface area contributed by atoms with Crippen molar-refractivity contribution in [2.24, 2.45) is 0 Å². The molecule has 68 valence electrons. The molecule has 4 heteroatoms. The summed E-state index contributed by atoms with van der Waals surface area (Å²) in [4.78, 5) is 21.8. The number of hydrogen-bond donors (Lipinski definition) is 0. The van der Waals surface area contributed by atoms with E-state index in [1.165, 1.54) is 0 Å². The number of rotatable bonds is 3. The van der Waals surface area contributed by atoms with Gasteiger partial charge in [0.15, 0.2) is 11.9 Å². The molecule has 0 aliphatic carbocycles. The lowest BCUT2D eigenvalue weighted by molar-refractivity contribution is -0.142. The third kappa shape index (κ3) is 2.24. The summed E-state index contributed by atoms with van der Waals surface area (Å²) in [6, 6.07) is 0. The molecule has 0 radical (unpaired) electrons. The second-order valence-electron chi connectivity index (χ2n) is 2.90. The Morgan fingerprint density at radius 2 is 2.33 bits per heavy atom. The Kier molecular flexibility index (Phi) is 3.14. The molecule has 0 saturated carbocycles. The summed E-state index contributed by atoms with van der Waals surface area (Å²) >= 11 is 1.67. The number of ether oxygens (including phenoxy) is 1. The zero-order valence-electron chi connectivity index (χ0n) is 7.20. The van der Waals surface area contributed by atoms with E-state index in [1.807, 2.05) is 13.2 Å². The smallest absolute Gasteiger partial charge is 0.314 e. The quantitative estimate of drug-likeness (QED) is 0.490. The third-order valence-electron chi connectivity index (χ3n) is 1.90. The van der Waals surface area contributed by atoms with E-state index < -0.39 is 6.10 Å². The monoisotopic (exact) mass is 188 g/mol. The minimum absolute atomic E-state index is 0.0359. The largest absolute Gasteiger partial charge is 0.454 e.